The van der Waals surface area contributed by atoms with Gasteiger partial charge in [0, 0.05) is 31.4 Å². The van der Waals surface area contributed by atoms with Gasteiger partial charge >= 0.3 is 0 Å². The predicted octanol–water partition coefficient (Wildman–Crippen LogP) is 2.51. The Kier molecular flexibility index (Phi) is 6.57. The summed E-state index contributed by atoms with van der Waals surface area (Å²) < 4.78 is 31.6. The van der Waals surface area contributed by atoms with E-state index < -0.39 is 18.0 Å². The summed E-state index contributed by atoms with van der Waals surface area (Å²) in [5.41, 5.74) is 13.4. The fraction of sp³-hybridized carbons (Fsp3) is 0.440. The van der Waals surface area contributed by atoms with Crippen molar-refractivity contribution in [3.63, 3.8) is 0 Å². The van der Waals surface area contributed by atoms with Gasteiger partial charge in [0.25, 0.3) is 5.91 Å². The van der Waals surface area contributed by atoms with Crippen LogP contribution in [-0.4, -0.2) is 69.2 Å². The topological polar surface area (TPSA) is 119 Å². The number of amides is 1. The van der Waals surface area contributed by atoms with E-state index in [0.717, 1.165) is 25.2 Å². The van der Waals surface area contributed by atoms with Crippen molar-refractivity contribution in [3.8, 4) is 11.3 Å². The number of nitrogens with two attached hydrogens (primary N) is 2. The molecule has 0 saturated carbocycles. The van der Waals surface area contributed by atoms with E-state index in [9.17, 15) is 9.18 Å². The molecular weight excluding hydrogens is 466 g/mol. The van der Waals surface area contributed by atoms with Gasteiger partial charge in [0.1, 0.15) is 41.3 Å². The van der Waals surface area contributed by atoms with Crippen molar-refractivity contribution in [2.24, 2.45) is 5.73 Å². The fourth-order valence-corrected chi connectivity index (χ4v) is 4.96. The first-order valence-electron chi connectivity index (χ1n) is 12.2. The molecule has 4 N–H and O–H groups in total. The third-order valence-corrected chi connectivity index (χ3v) is 7.14. The number of carbonyl (C=O) groups excluding carboxylic acids is 1. The summed E-state index contributed by atoms with van der Waals surface area (Å²) in [6.07, 6.45) is 3.59. The highest BCUT2D eigenvalue weighted by Gasteiger charge is 2.36. The highest BCUT2D eigenvalue weighted by molar-refractivity contribution is 6.01. The van der Waals surface area contributed by atoms with Crippen LogP contribution in [0.2, 0.25) is 0 Å². The second kappa shape index (κ2) is 9.81. The lowest BCUT2D eigenvalue weighted by Crippen LogP contribution is -2.43. The van der Waals surface area contributed by atoms with E-state index >= 15 is 4.39 Å². The van der Waals surface area contributed by atoms with Crippen LogP contribution >= 0.6 is 0 Å². The minimum atomic E-state index is -1.26. The number of aromatic nitrogens is 4. The zero-order valence-corrected chi connectivity index (χ0v) is 20.2. The molecule has 3 aromatic rings. The number of alkyl halides is 1. The lowest BCUT2D eigenvalue weighted by molar-refractivity contribution is 0.100. The molecule has 4 heterocycles. The van der Waals surface area contributed by atoms with Gasteiger partial charge in [-0.1, -0.05) is 0 Å². The van der Waals surface area contributed by atoms with Crippen molar-refractivity contribution in [1.29, 1.82) is 0 Å². The number of nitrogen functional groups attached to an aromatic ring is 1. The first-order valence-corrected chi connectivity index (χ1v) is 12.2. The van der Waals surface area contributed by atoms with Gasteiger partial charge in [-0.2, -0.15) is 0 Å². The van der Waals surface area contributed by atoms with Crippen molar-refractivity contribution in [2.45, 2.75) is 38.4 Å². The highest BCUT2D eigenvalue weighted by Crippen LogP contribution is 2.35. The summed E-state index contributed by atoms with van der Waals surface area (Å²) in [6.45, 7) is 5.89. The smallest absolute Gasteiger partial charge is 0.256 e. The zero-order valence-electron chi connectivity index (χ0n) is 20.2. The first-order chi connectivity index (χ1) is 17.3. The maximum Gasteiger partial charge on any atom is 0.256 e. The van der Waals surface area contributed by atoms with Crippen LogP contribution in [-0.2, 0) is 6.54 Å². The average Bonchev–Trinajstić information content (AvgIpc) is 3.23. The number of nitrogens with zero attached hydrogens (tertiary/aromatic N) is 6. The molecule has 2 aliphatic rings. The Morgan fingerprint density at radius 3 is 2.67 bits per heavy atom. The largest absolute Gasteiger partial charge is 0.383 e. The highest BCUT2D eigenvalue weighted by atomic mass is 19.1. The standard InChI is InChI=1S/C25H30F2N8O/c1-15-11-16(3-4-18(15)26)20-13-35(10-9-33-6-2-7-33)24(32-20)17-5-8-34(12-19(17)27)25-21(23(29)36)22(28)30-14-31-25/h3-4,11,13-14,17,19H,2,5-10,12H2,1H3,(H2,29,36)(H2,28,30,31)/t17-,19+/m1/s1. The van der Waals surface area contributed by atoms with Crippen molar-refractivity contribution >= 4 is 17.5 Å². The Hall–Kier alpha value is -3.60. The van der Waals surface area contributed by atoms with Crippen molar-refractivity contribution in [2.75, 3.05) is 43.4 Å². The van der Waals surface area contributed by atoms with Crippen LogP contribution < -0.4 is 16.4 Å². The summed E-state index contributed by atoms with van der Waals surface area (Å²) in [7, 11) is 0. The van der Waals surface area contributed by atoms with Gasteiger partial charge in [0.2, 0.25) is 0 Å². The molecule has 0 aliphatic carbocycles. The molecule has 2 aromatic heterocycles. The molecule has 0 radical (unpaired) electrons. The van der Waals surface area contributed by atoms with Gasteiger partial charge in [0.05, 0.1) is 18.2 Å². The lowest BCUT2D eigenvalue weighted by atomic mass is 9.93. The molecule has 5 rings (SSSR count). The number of primary amides is 1. The first kappa shape index (κ1) is 24.1. The van der Waals surface area contributed by atoms with E-state index in [1.807, 2.05) is 10.8 Å². The van der Waals surface area contributed by atoms with Gasteiger partial charge < -0.3 is 25.8 Å². The minimum Gasteiger partial charge on any atom is -0.383 e. The molecule has 1 amide bonds. The van der Waals surface area contributed by atoms with Gasteiger partial charge in [-0.25, -0.2) is 23.7 Å². The van der Waals surface area contributed by atoms with E-state index in [4.69, 9.17) is 16.5 Å². The number of halogens is 2. The third-order valence-electron chi connectivity index (χ3n) is 7.14. The Morgan fingerprint density at radius 2 is 2.00 bits per heavy atom. The number of rotatable bonds is 7. The maximum absolute atomic E-state index is 15.7. The van der Waals surface area contributed by atoms with Crippen LogP contribution in [0.3, 0.4) is 0 Å². The molecule has 2 saturated heterocycles. The van der Waals surface area contributed by atoms with Gasteiger partial charge in [-0.3, -0.25) is 4.79 Å². The van der Waals surface area contributed by atoms with E-state index in [2.05, 4.69) is 14.9 Å². The van der Waals surface area contributed by atoms with Crippen LogP contribution in [0.25, 0.3) is 11.3 Å². The molecule has 2 aliphatic heterocycles. The van der Waals surface area contributed by atoms with E-state index in [0.29, 0.717) is 36.6 Å². The Morgan fingerprint density at radius 1 is 1.19 bits per heavy atom. The molecule has 11 heteroatoms. The summed E-state index contributed by atoms with van der Waals surface area (Å²) >= 11 is 0. The molecule has 36 heavy (non-hydrogen) atoms. The lowest BCUT2D eigenvalue weighted by Gasteiger charge is -2.36. The Labute approximate surface area is 208 Å². The predicted molar refractivity (Wildman–Crippen MR) is 133 cm³/mol. The molecular formula is C25H30F2N8O. The van der Waals surface area contributed by atoms with E-state index in [1.54, 1.807) is 24.0 Å². The molecule has 190 valence electrons. The van der Waals surface area contributed by atoms with Gasteiger partial charge in [-0.05, 0) is 56.6 Å². The number of benzene rings is 1. The summed E-state index contributed by atoms with van der Waals surface area (Å²) in [5.74, 6) is -0.555. The number of imidazole rings is 1. The van der Waals surface area contributed by atoms with Crippen molar-refractivity contribution in [3.05, 3.63) is 53.5 Å². The van der Waals surface area contributed by atoms with E-state index in [-0.39, 0.29) is 29.6 Å². The zero-order chi connectivity index (χ0) is 25.4. The number of likely N-dealkylation sites (tertiary alicyclic amines) is 1. The summed E-state index contributed by atoms with van der Waals surface area (Å²) in [6, 6.07) is 4.90. The van der Waals surface area contributed by atoms with Crippen LogP contribution in [0.4, 0.5) is 20.4 Å². The maximum atomic E-state index is 15.7. The second-order valence-electron chi connectivity index (χ2n) is 9.52. The Bertz CT molecular complexity index is 1270. The molecule has 0 spiro atoms. The summed E-state index contributed by atoms with van der Waals surface area (Å²) in [4.78, 5) is 28.8. The number of carbonyl (C=O) groups is 1. The normalized spacial score (nSPS) is 20.4. The number of anilines is 2. The van der Waals surface area contributed by atoms with Gasteiger partial charge in [0.15, 0.2) is 0 Å². The molecule has 9 nitrogen and oxygen atoms in total. The van der Waals surface area contributed by atoms with Crippen molar-refractivity contribution in [1.82, 2.24) is 24.4 Å². The number of hydrogen-bond donors (Lipinski definition) is 2. The molecule has 2 atom stereocenters. The number of hydrogen-bond acceptors (Lipinski definition) is 7. The molecule has 0 unspecified atom stereocenters. The Balaban J connectivity index is 1.42. The SMILES string of the molecule is Cc1cc(-c2cn(CCN3CCC3)c([C@@H]3CCN(c4ncnc(N)c4C(N)=O)C[C@@H]3F)n2)ccc1F. The quantitative estimate of drug-likeness (QED) is 0.516. The fourth-order valence-electron chi connectivity index (χ4n) is 4.96. The third kappa shape index (κ3) is 4.62. The van der Waals surface area contributed by atoms with Crippen LogP contribution in [0.5, 0.6) is 0 Å². The van der Waals surface area contributed by atoms with Crippen LogP contribution in [0, 0.1) is 12.7 Å². The minimum absolute atomic E-state index is 0.00756. The number of piperidine rings is 1. The van der Waals surface area contributed by atoms with Crippen LogP contribution in [0.15, 0.2) is 30.7 Å². The average molecular weight is 497 g/mol. The number of aryl methyl sites for hydroxylation is 1. The molecule has 2 fully saturated rings. The van der Waals surface area contributed by atoms with Gasteiger partial charge in [-0.15, -0.1) is 0 Å². The molecule has 0 bridgehead atoms. The monoisotopic (exact) mass is 496 g/mol. The van der Waals surface area contributed by atoms with Crippen molar-refractivity contribution < 1.29 is 13.6 Å². The van der Waals surface area contributed by atoms with E-state index in [1.165, 1.54) is 18.8 Å². The van der Waals surface area contributed by atoms with Crippen LogP contribution in [0.1, 0.15) is 40.5 Å². The second-order valence-corrected chi connectivity index (χ2v) is 9.52. The summed E-state index contributed by atoms with van der Waals surface area (Å²) in [5, 5.41) is 0. The molecule has 1 aromatic carbocycles.